The number of nitrogens with zero attached hydrogens (tertiary/aromatic N) is 3. The Balaban J connectivity index is 2.34. The molecule has 0 aliphatic heterocycles. The number of fused-ring (bicyclic) bond motifs is 1. The number of imidazole rings is 1. The van der Waals surface area contributed by atoms with Crippen LogP contribution in [0, 0.1) is 6.92 Å². The smallest absolute Gasteiger partial charge is 0.330 e. The first kappa shape index (κ1) is 15.3. The summed E-state index contributed by atoms with van der Waals surface area (Å²) in [5.41, 5.74) is -0.00846. The van der Waals surface area contributed by atoms with E-state index in [0.29, 0.717) is 35.8 Å². The standard InChI is InChI=1S/C16H20N4O3/c1-4-6-9-20-14-12(15(21)18-16(20)22)19(5-2)13(17-14)11-8-7-10(3)23-11/h7-8H,4-6,9H2,1-3H3,(H,18,21,22). The predicted molar refractivity (Wildman–Crippen MR) is 87.6 cm³/mol. The molecule has 3 aromatic heterocycles. The lowest BCUT2D eigenvalue weighted by Gasteiger charge is -2.05. The average molecular weight is 316 g/mol. The van der Waals surface area contributed by atoms with Crippen LogP contribution in [0.3, 0.4) is 0 Å². The molecule has 0 radical (unpaired) electrons. The first-order valence-electron chi connectivity index (χ1n) is 7.87. The number of rotatable bonds is 5. The van der Waals surface area contributed by atoms with Crippen LogP contribution >= 0.6 is 0 Å². The zero-order valence-corrected chi connectivity index (χ0v) is 13.5. The van der Waals surface area contributed by atoms with E-state index in [1.807, 2.05) is 26.0 Å². The Morgan fingerprint density at radius 3 is 2.61 bits per heavy atom. The van der Waals surface area contributed by atoms with Crippen molar-refractivity contribution in [2.24, 2.45) is 0 Å². The van der Waals surface area contributed by atoms with Crippen LogP contribution < -0.4 is 11.2 Å². The highest BCUT2D eigenvalue weighted by atomic mass is 16.3. The third-order valence-electron chi connectivity index (χ3n) is 3.90. The third-order valence-corrected chi connectivity index (χ3v) is 3.90. The van der Waals surface area contributed by atoms with E-state index in [1.165, 1.54) is 4.57 Å². The molecule has 0 spiro atoms. The van der Waals surface area contributed by atoms with Gasteiger partial charge in [0.25, 0.3) is 5.56 Å². The fourth-order valence-electron chi connectivity index (χ4n) is 2.75. The summed E-state index contributed by atoms with van der Waals surface area (Å²) in [6.07, 6.45) is 1.79. The molecule has 3 aromatic rings. The Labute approximate surface area is 132 Å². The Morgan fingerprint density at radius 2 is 2.00 bits per heavy atom. The van der Waals surface area contributed by atoms with Crippen molar-refractivity contribution in [2.75, 3.05) is 0 Å². The summed E-state index contributed by atoms with van der Waals surface area (Å²) in [6, 6.07) is 3.68. The van der Waals surface area contributed by atoms with Crippen LogP contribution in [0.15, 0.2) is 26.1 Å². The van der Waals surface area contributed by atoms with Crippen molar-refractivity contribution in [1.29, 1.82) is 0 Å². The van der Waals surface area contributed by atoms with Gasteiger partial charge < -0.3 is 8.98 Å². The van der Waals surface area contributed by atoms with Gasteiger partial charge >= 0.3 is 5.69 Å². The van der Waals surface area contributed by atoms with E-state index in [1.54, 1.807) is 4.57 Å². The molecule has 0 bridgehead atoms. The molecular formula is C16H20N4O3. The molecule has 7 nitrogen and oxygen atoms in total. The molecule has 0 saturated heterocycles. The molecule has 3 heterocycles. The normalized spacial score (nSPS) is 11.4. The lowest BCUT2D eigenvalue weighted by atomic mass is 10.3. The number of furan rings is 1. The highest BCUT2D eigenvalue weighted by Crippen LogP contribution is 2.24. The van der Waals surface area contributed by atoms with Crippen LogP contribution in [0.2, 0.25) is 0 Å². The van der Waals surface area contributed by atoms with Crippen molar-refractivity contribution in [3.8, 4) is 11.6 Å². The Hall–Kier alpha value is -2.57. The van der Waals surface area contributed by atoms with Crippen molar-refractivity contribution in [3.63, 3.8) is 0 Å². The molecule has 122 valence electrons. The van der Waals surface area contributed by atoms with Crippen LogP contribution in [-0.4, -0.2) is 19.1 Å². The molecule has 23 heavy (non-hydrogen) atoms. The van der Waals surface area contributed by atoms with Gasteiger partial charge in [0.05, 0.1) is 0 Å². The first-order valence-corrected chi connectivity index (χ1v) is 7.87. The van der Waals surface area contributed by atoms with E-state index in [4.69, 9.17) is 4.42 Å². The van der Waals surface area contributed by atoms with Gasteiger partial charge in [0.15, 0.2) is 22.7 Å². The average Bonchev–Trinajstić information content (AvgIpc) is 3.10. The van der Waals surface area contributed by atoms with Gasteiger partial charge in [-0.25, -0.2) is 9.78 Å². The second-order valence-electron chi connectivity index (χ2n) is 5.53. The number of nitrogens with one attached hydrogen (secondary N) is 1. The summed E-state index contributed by atoms with van der Waals surface area (Å²) >= 11 is 0. The van der Waals surface area contributed by atoms with Crippen molar-refractivity contribution >= 4 is 11.2 Å². The van der Waals surface area contributed by atoms with Crippen molar-refractivity contribution in [2.45, 2.75) is 46.7 Å². The number of aromatic amines is 1. The lowest BCUT2D eigenvalue weighted by molar-refractivity contribution is 0.540. The van der Waals surface area contributed by atoms with Gasteiger partial charge in [-0.15, -0.1) is 0 Å². The van der Waals surface area contributed by atoms with Gasteiger partial charge in [0.1, 0.15) is 5.76 Å². The van der Waals surface area contributed by atoms with E-state index in [9.17, 15) is 9.59 Å². The number of unbranched alkanes of at least 4 members (excludes halogenated alkanes) is 1. The Bertz CT molecular complexity index is 958. The van der Waals surface area contributed by atoms with E-state index < -0.39 is 11.2 Å². The molecule has 3 rings (SSSR count). The van der Waals surface area contributed by atoms with Crippen LogP contribution in [0.5, 0.6) is 0 Å². The number of aryl methyl sites for hydroxylation is 3. The maximum atomic E-state index is 12.3. The molecular weight excluding hydrogens is 296 g/mol. The second kappa shape index (κ2) is 5.91. The van der Waals surface area contributed by atoms with Crippen molar-refractivity contribution < 1.29 is 4.42 Å². The molecule has 0 aromatic carbocycles. The van der Waals surface area contributed by atoms with Gasteiger partial charge in [-0.3, -0.25) is 14.3 Å². The minimum Gasteiger partial charge on any atom is -0.458 e. The second-order valence-corrected chi connectivity index (χ2v) is 5.53. The summed E-state index contributed by atoms with van der Waals surface area (Å²) < 4.78 is 8.97. The topological polar surface area (TPSA) is 85.8 Å². The van der Waals surface area contributed by atoms with Crippen molar-refractivity contribution in [1.82, 2.24) is 19.1 Å². The predicted octanol–water partition coefficient (Wildman–Crippen LogP) is 2.27. The van der Waals surface area contributed by atoms with Crippen molar-refractivity contribution in [3.05, 3.63) is 38.7 Å². The summed E-state index contributed by atoms with van der Waals surface area (Å²) in [5.74, 6) is 1.93. The number of H-pyrrole nitrogens is 1. The monoisotopic (exact) mass is 316 g/mol. The summed E-state index contributed by atoms with van der Waals surface area (Å²) in [4.78, 5) is 31.4. The molecule has 0 unspecified atom stereocenters. The minimum atomic E-state index is -0.418. The van der Waals surface area contributed by atoms with E-state index in [0.717, 1.165) is 18.6 Å². The molecule has 0 saturated carbocycles. The van der Waals surface area contributed by atoms with E-state index >= 15 is 0 Å². The summed E-state index contributed by atoms with van der Waals surface area (Å²) in [6.45, 7) is 6.92. The SMILES string of the molecule is CCCCn1c(=O)[nH]c(=O)c2c1nc(-c1ccc(C)o1)n2CC. The highest BCUT2D eigenvalue weighted by Gasteiger charge is 2.20. The number of hydrogen-bond donors (Lipinski definition) is 1. The van der Waals surface area contributed by atoms with Crippen LogP contribution in [0.1, 0.15) is 32.4 Å². The molecule has 0 aliphatic carbocycles. The molecule has 0 atom stereocenters. The first-order chi connectivity index (χ1) is 11.1. The summed E-state index contributed by atoms with van der Waals surface area (Å²) in [7, 11) is 0. The molecule has 0 amide bonds. The third kappa shape index (κ3) is 2.52. The van der Waals surface area contributed by atoms with Gasteiger partial charge in [0.2, 0.25) is 0 Å². The lowest BCUT2D eigenvalue weighted by Crippen LogP contribution is -2.31. The molecule has 0 aliphatic rings. The van der Waals surface area contributed by atoms with Crippen LogP contribution in [-0.2, 0) is 13.1 Å². The highest BCUT2D eigenvalue weighted by molar-refractivity contribution is 5.75. The van der Waals surface area contributed by atoms with Gasteiger partial charge in [0, 0.05) is 13.1 Å². The van der Waals surface area contributed by atoms with Gasteiger partial charge in [-0.2, -0.15) is 0 Å². The van der Waals surface area contributed by atoms with E-state index in [-0.39, 0.29) is 0 Å². The van der Waals surface area contributed by atoms with Crippen LogP contribution in [0.4, 0.5) is 0 Å². The van der Waals surface area contributed by atoms with E-state index in [2.05, 4.69) is 16.9 Å². The largest absolute Gasteiger partial charge is 0.458 e. The van der Waals surface area contributed by atoms with Gasteiger partial charge in [-0.05, 0) is 32.4 Å². The fraction of sp³-hybridized carbons (Fsp3) is 0.438. The zero-order chi connectivity index (χ0) is 16.6. The summed E-state index contributed by atoms with van der Waals surface area (Å²) in [5, 5.41) is 0. The Kier molecular flexibility index (Phi) is 3.94. The maximum Gasteiger partial charge on any atom is 0.330 e. The van der Waals surface area contributed by atoms with Crippen LogP contribution in [0.25, 0.3) is 22.7 Å². The quantitative estimate of drug-likeness (QED) is 0.782. The minimum absolute atomic E-state index is 0.409. The number of aromatic nitrogens is 4. The molecule has 0 fully saturated rings. The fourth-order valence-corrected chi connectivity index (χ4v) is 2.75. The zero-order valence-electron chi connectivity index (χ0n) is 13.5. The Morgan fingerprint density at radius 1 is 1.22 bits per heavy atom. The van der Waals surface area contributed by atoms with Gasteiger partial charge in [-0.1, -0.05) is 13.3 Å². The number of hydrogen-bond acceptors (Lipinski definition) is 4. The molecule has 1 N–H and O–H groups in total. The molecule has 7 heteroatoms. The maximum absolute atomic E-state index is 12.3.